The molecular formula is C16H20FN3O2S. The molecule has 0 aliphatic heterocycles. The van der Waals surface area contributed by atoms with Crippen molar-refractivity contribution in [3.8, 4) is 5.75 Å². The molecule has 0 saturated carbocycles. The summed E-state index contributed by atoms with van der Waals surface area (Å²) in [5.74, 6) is -0.00567. The van der Waals surface area contributed by atoms with Gasteiger partial charge in [-0.2, -0.15) is 0 Å². The van der Waals surface area contributed by atoms with Crippen molar-refractivity contribution >= 4 is 17.4 Å². The van der Waals surface area contributed by atoms with E-state index in [0.717, 1.165) is 11.4 Å². The predicted molar refractivity (Wildman–Crippen MR) is 88.2 cm³/mol. The van der Waals surface area contributed by atoms with Crippen molar-refractivity contribution in [1.29, 1.82) is 0 Å². The zero-order valence-electron chi connectivity index (χ0n) is 13.3. The number of methoxy groups -OCH3 is 1. The molecule has 2 aromatic rings. The molecular weight excluding hydrogens is 317 g/mol. The minimum absolute atomic E-state index is 0.162. The monoisotopic (exact) mass is 337 g/mol. The van der Waals surface area contributed by atoms with E-state index in [1.165, 1.54) is 24.5 Å². The average Bonchev–Trinajstić information content (AvgIpc) is 3.06. The average molecular weight is 337 g/mol. The van der Waals surface area contributed by atoms with Crippen molar-refractivity contribution in [1.82, 2.24) is 15.6 Å². The Bertz CT molecular complexity index is 649. The Morgan fingerprint density at radius 3 is 2.83 bits per heavy atom. The first-order valence-corrected chi connectivity index (χ1v) is 8.23. The van der Waals surface area contributed by atoms with Crippen molar-refractivity contribution in [2.45, 2.75) is 32.4 Å². The molecule has 0 spiro atoms. The first kappa shape index (κ1) is 17.2. The molecule has 5 nitrogen and oxygen atoms in total. The topological polar surface area (TPSA) is 63.2 Å². The van der Waals surface area contributed by atoms with E-state index in [4.69, 9.17) is 4.74 Å². The van der Waals surface area contributed by atoms with Crippen LogP contribution in [0.25, 0.3) is 0 Å². The van der Waals surface area contributed by atoms with Gasteiger partial charge in [0.25, 0.3) is 0 Å². The van der Waals surface area contributed by atoms with Gasteiger partial charge in [-0.05, 0) is 25.5 Å². The normalized spacial score (nSPS) is 13.2. The maximum Gasteiger partial charge on any atom is 0.315 e. The zero-order chi connectivity index (χ0) is 16.8. The number of halogens is 1. The Balaban J connectivity index is 2.05. The van der Waals surface area contributed by atoms with Gasteiger partial charge in [0.05, 0.1) is 24.8 Å². The Hall–Kier alpha value is -2.15. The zero-order valence-corrected chi connectivity index (χ0v) is 14.1. The molecule has 1 aromatic carbocycles. The van der Waals surface area contributed by atoms with Crippen LogP contribution in [0, 0.1) is 5.82 Å². The summed E-state index contributed by atoms with van der Waals surface area (Å²) in [5, 5.41) is 8.32. The lowest BCUT2D eigenvalue weighted by molar-refractivity contribution is 0.233. The highest BCUT2D eigenvalue weighted by atomic mass is 32.1. The molecule has 0 bridgehead atoms. The fourth-order valence-corrected chi connectivity index (χ4v) is 3.10. The second-order valence-electron chi connectivity index (χ2n) is 5.03. The van der Waals surface area contributed by atoms with Crippen LogP contribution in [-0.2, 0) is 0 Å². The summed E-state index contributed by atoms with van der Waals surface area (Å²) < 4.78 is 19.2. The second-order valence-corrected chi connectivity index (χ2v) is 5.95. The molecule has 124 valence electrons. The van der Waals surface area contributed by atoms with Crippen LogP contribution in [0.3, 0.4) is 0 Å². The number of ether oxygens (including phenoxy) is 1. The van der Waals surface area contributed by atoms with Gasteiger partial charge in [-0.15, -0.1) is 11.3 Å². The number of urea groups is 1. The summed E-state index contributed by atoms with van der Waals surface area (Å²) in [7, 11) is 1.47. The van der Waals surface area contributed by atoms with Gasteiger partial charge in [0, 0.05) is 11.6 Å². The third-order valence-corrected chi connectivity index (χ3v) is 4.37. The summed E-state index contributed by atoms with van der Waals surface area (Å²) in [4.78, 5) is 16.4. The number of aromatic nitrogens is 1. The lowest BCUT2D eigenvalue weighted by atomic mass is 10.1. The minimum atomic E-state index is -0.528. The number of nitrogens with one attached hydrogen (secondary N) is 2. The highest BCUT2D eigenvalue weighted by molar-refractivity contribution is 7.09. The molecule has 0 radical (unpaired) electrons. The van der Waals surface area contributed by atoms with Gasteiger partial charge in [0.2, 0.25) is 0 Å². The van der Waals surface area contributed by atoms with Crippen LogP contribution >= 0.6 is 11.3 Å². The van der Waals surface area contributed by atoms with E-state index in [1.54, 1.807) is 25.3 Å². The smallest absolute Gasteiger partial charge is 0.315 e. The van der Waals surface area contributed by atoms with Crippen molar-refractivity contribution in [3.05, 3.63) is 46.2 Å². The maximum absolute atomic E-state index is 14.0. The Kier molecular flexibility index (Phi) is 5.92. The minimum Gasteiger partial charge on any atom is -0.496 e. The molecule has 0 aliphatic rings. The molecule has 1 heterocycles. The van der Waals surface area contributed by atoms with E-state index < -0.39 is 11.9 Å². The van der Waals surface area contributed by atoms with Crippen molar-refractivity contribution in [3.63, 3.8) is 0 Å². The first-order valence-electron chi connectivity index (χ1n) is 7.35. The fraction of sp³-hybridized carbons (Fsp3) is 0.375. The quantitative estimate of drug-likeness (QED) is 0.843. The van der Waals surface area contributed by atoms with Crippen molar-refractivity contribution < 1.29 is 13.9 Å². The number of amides is 2. The van der Waals surface area contributed by atoms with Gasteiger partial charge in [-0.1, -0.05) is 13.0 Å². The lowest BCUT2D eigenvalue weighted by Gasteiger charge is -2.20. The molecule has 0 fully saturated rings. The number of hydrogen-bond acceptors (Lipinski definition) is 4. The van der Waals surface area contributed by atoms with Crippen LogP contribution in [0.1, 0.15) is 42.9 Å². The predicted octanol–water partition coefficient (Wildman–Crippen LogP) is 3.80. The highest BCUT2D eigenvalue weighted by Gasteiger charge is 2.20. The van der Waals surface area contributed by atoms with Crippen LogP contribution in [-0.4, -0.2) is 18.1 Å². The molecule has 2 atom stereocenters. The Labute approximate surface area is 138 Å². The molecule has 0 aliphatic carbocycles. The van der Waals surface area contributed by atoms with E-state index in [2.05, 4.69) is 15.6 Å². The number of carbonyl (C=O) groups is 1. The van der Waals surface area contributed by atoms with E-state index in [0.29, 0.717) is 11.3 Å². The number of rotatable bonds is 6. The number of hydrogen-bond donors (Lipinski definition) is 2. The van der Waals surface area contributed by atoms with Crippen LogP contribution < -0.4 is 15.4 Å². The van der Waals surface area contributed by atoms with Crippen LogP contribution in [0.4, 0.5) is 9.18 Å². The lowest BCUT2D eigenvalue weighted by Crippen LogP contribution is -2.39. The number of nitrogens with zero attached hydrogens (tertiary/aromatic N) is 1. The van der Waals surface area contributed by atoms with Crippen molar-refractivity contribution in [2.75, 3.05) is 7.11 Å². The second kappa shape index (κ2) is 7.92. The van der Waals surface area contributed by atoms with Crippen molar-refractivity contribution in [2.24, 2.45) is 0 Å². The van der Waals surface area contributed by atoms with E-state index in [9.17, 15) is 9.18 Å². The Morgan fingerprint density at radius 1 is 1.43 bits per heavy atom. The van der Waals surface area contributed by atoms with Gasteiger partial charge < -0.3 is 15.4 Å². The number of benzene rings is 1. The number of carbonyl (C=O) groups excluding carboxylic acids is 1. The molecule has 1 aromatic heterocycles. The molecule has 7 heteroatoms. The molecule has 2 N–H and O–H groups in total. The van der Waals surface area contributed by atoms with Crippen LogP contribution in [0.2, 0.25) is 0 Å². The summed E-state index contributed by atoms with van der Waals surface area (Å²) in [6, 6.07) is 3.52. The third kappa shape index (κ3) is 4.19. The van der Waals surface area contributed by atoms with Gasteiger partial charge in [0.15, 0.2) is 0 Å². The Morgan fingerprint density at radius 2 is 2.22 bits per heavy atom. The van der Waals surface area contributed by atoms with Gasteiger partial charge in [-0.25, -0.2) is 14.2 Å². The molecule has 0 saturated heterocycles. The van der Waals surface area contributed by atoms with Gasteiger partial charge in [-0.3, -0.25) is 0 Å². The maximum atomic E-state index is 14.0. The van der Waals surface area contributed by atoms with E-state index in [-0.39, 0.29) is 12.1 Å². The fourth-order valence-electron chi connectivity index (χ4n) is 2.33. The summed E-state index contributed by atoms with van der Waals surface area (Å²) >= 11 is 1.49. The third-order valence-electron chi connectivity index (χ3n) is 3.48. The summed E-state index contributed by atoms with van der Waals surface area (Å²) in [5.41, 5.74) is 0.326. The van der Waals surface area contributed by atoms with Gasteiger partial charge >= 0.3 is 6.03 Å². The molecule has 23 heavy (non-hydrogen) atoms. The molecule has 2 rings (SSSR count). The summed E-state index contributed by atoms with van der Waals surface area (Å²) in [6.07, 6.45) is 2.42. The summed E-state index contributed by atoms with van der Waals surface area (Å²) in [6.45, 7) is 3.68. The van der Waals surface area contributed by atoms with Crippen LogP contribution in [0.5, 0.6) is 5.75 Å². The molecule has 2 amide bonds. The largest absolute Gasteiger partial charge is 0.496 e. The highest BCUT2D eigenvalue weighted by Crippen LogP contribution is 2.27. The van der Waals surface area contributed by atoms with E-state index in [1.807, 2.05) is 12.3 Å². The van der Waals surface area contributed by atoms with Crippen LogP contribution in [0.15, 0.2) is 29.8 Å². The number of thiazole rings is 1. The SMILES string of the molecule is CC[C@@H](NC(=O)N[C@H](C)c1c(F)cccc1OC)c1nccs1. The molecule has 0 unspecified atom stereocenters. The van der Waals surface area contributed by atoms with E-state index >= 15 is 0 Å². The first-order chi connectivity index (χ1) is 11.1. The standard InChI is InChI=1S/C16H20FN3O2S/c1-4-12(15-18-8-9-23-15)20-16(21)19-10(2)14-11(17)6-5-7-13(14)22-3/h5-10,12H,4H2,1-3H3,(H2,19,20,21)/t10-,12-/m1/s1. The van der Waals surface area contributed by atoms with Gasteiger partial charge in [0.1, 0.15) is 16.6 Å².